The van der Waals surface area contributed by atoms with Crippen molar-refractivity contribution in [1.29, 1.82) is 0 Å². The van der Waals surface area contributed by atoms with Gasteiger partial charge in [-0.05, 0) is 30.5 Å². The molecular formula is C16H21Cl2N3O4S. The molecule has 0 aromatic heterocycles. The number of rotatable bonds is 5. The number of carbonyl (C=O) groups excluding carboxylic acids is 2. The molecule has 1 aromatic carbocycles. The molecule has 1 saturated heterocycles. The Hall–Kier alpha value is -1.51. The molecule has 10 heteroatoms. The normalized spacial score (nSPS) is 19.8. The largest absolute Gasteiger partial charge is 0.334 e. The Labute approximate surface area is 162 Å². The third-order valence-electron chi connectivity index (χ3n) is 3.99. The van der Waals surface area contributed by atoms with E-state index in [2.05, 4.69) is 16.0 Å². The van der Waals surface area contributed by atoms with E-state index in [0.29, 0.717) is 17.1 Å². The van der Waals surface area contributed by atoms with Gasteiger partial charge < -0.3 is 16.0 Å². The van der Waals surface area contributed by atoms with Crippen molar-refractivity contribution >= 4 is 50.7 Å². The van der Waals surface area contributed by atoms with Crippen molar-refractivity contribution in [2.75, 3.05) is 16.8 Å². The van der Waals surface area contributed by atoms with Crippen LogP contribution in [0.15, 0.2) is 18.2 Å². The van der Waals surface area contributed by atoms with Gasteiger partial charge in [-0.2, -0.15) is 0 Å². The first-order valence-corrected chi connectivity index (χ1v) is 10.7. The zero-order chi connectivity index (χ0) is 19.5. The topological polar surface area (TPSA) is 104 Å². The standard InChI is InChI=1S/C16H21Cl2N3O4S/c1-9(2)14(15(22)20-13-4-3-10(17)7-12(13)18)21-16(23)19-11-5-6-26(24,25)8-11/h3-4,7,9,11,14H,5-6,8H2,1-2H3,(H,20,22)(H2,19,21,23)/t11-,14-/m0/s1. The van der Waals surface area contributed by atoms with Gasteiger partial charge in [0.25, 0.3) is 0 Å². The number of amides is 3. The molecule has 1 heterocycles. The molecule has 0 bridgehead atoms. The molecule has 26 heavy (non-hydrogen) atoms. The van der Waals surface area contributed by atoms with Crippen LogP contribution in [0.3, 0.4) is 0 Å². The van der Waals surface area contributed by atoms with Crippen molar-refractivity contribution in [3.63, 3.8) is 0 Å². The van der Waals surface area contributed by atoms with Gasteiger partial charge >= 0.3 is 6.03 Å². The molecule has 1 fully saturated rings. The summed E-state index contributed by atoms with van der Waals surface area (Å²) in [5.41, 5.74) is 0.385. The number of hydrogen-bond acceptors (Lipinski definition) is 4. The molecule has 2 rings (SSSR count). The quantitative estimate of drug-likeness (QED) is 0.678. The van der Waals surface area contributed by atoms with E-state index in [1.165, 1.54) is 6.07 Å². The van der Waals surface area contributed by atoms with Crippen LogP contribution in [0.5, 0.6) is 0 Å². The second-order valence-electron chi connectivity index (χ2n) is 6.55. The number of urea groups is 1. The van der Waals surface area contributed by atoms with Crippen LogP contribution in [-0.4, -0.2) is 43.9 Å². The molecule has 0 aliphatic carbocycles. The highest BCUT2D eigenvalue weighted by Gasteiger charge is 2.31. The van der Waals surface area contributed by atoms with Crippen LogP contribution >= 0.6 is 23.2 Å². The molecule has 7 nitrogen and oxygen atoms in total. The number of nitrogens with one attached hydrogen (secondary N) is 3. The van der Waals surface area contributed by atoms with Gasteiger partial charge in [-0.15, -0.1) is 0 Å². The van der Waals surface area contributed by atoms with E-state index in [9.17, 15) is 18.0 Å². The average molecular weight is 422 g/mol. The van der Waals surface area contributed by atoms with Gasteiger partial charge in [0.2, 0.25) is 5.91 Å². The van der Waals surface area contributed by atoms with Crippen LogP contribution in [-0.2, 0) is 14.6 Å². The summed E-state index contributed by atoms with van der Waals surface area (Å²) < 4.78 is 22.9. The first-order valence-electron chi connectivity index (χ1n) is 8.11. The van der Waals surface area contributed by atoms with Crippen LogP contribution in [0.4, 0.5) is 10.5 Å². The Morgan fingerprint density at radius 1 is 1.23 bits per heavy atom. The van der Waals surface area contributed by atoms with E-state index in [0.717, 1.165) is 0 Å². The van der Waals surface area contributed by atoms with E-state index >= 15 is 0 Å². The lowest BCUT2D eigenvalue weighted by Crippen LogP contribution is -2.52. The SMILES string of the molecule is CC(C)[C@H](NC(=O)N[C@H]1CCS(=O)(=O)C1)C(=O)Nc1ccc(Cl)cc1Cl. The highest BCUT2D eigenvalue weighted by atomic mass is 35.5. The summed E-state index contributed by atoms with van der Waals surface area (Å²) in [7, 11) is -3.10. The Kier molecular flexibility index (Phi) is 6.76. The number of benzene rings is 1. The molecule has 0 unspecified atom stereocenters. The second kappa shape index (κ2) is 8.45. The molecule has 0 saturated carbocycles. The van der Waals surface area contributed by atoms with Crippen LogP contribution in [0.2, 0.25) is 10.0 Å². The number of sulfone groups is 1. The van der Waals surface area contributed by atoms with Crippen molar-refractivity contribution in [2.24, 2.45) is 5.92 Å². The van der Waals surface area contributed by atoms with Gasteiger partial charge in [0.15, 0.2) is 9.84 Å². The van der Waals surface area contributed by atoms with E-state index in [4.69, 9.17) is 23.2 Å². The summed E-state index contributed by atoms with van der Waals surface area (Å²) in [6.07, 6.45) is 0.370. The van der Waals surface area contributed by atoms with E-state index in [1.807, 2.05) is 0 Å². The maximum Gasteiger partial charge on any atom is 0.315 e. The zero-order valence-corrected chi connectivity index (χ0v) is 16.7. The lowest BCUT2D eigenvalue weighted by molar-refractivity contribution is -0.118. The molecule has 1 aliphatic heterocycles. The molecule has 144 valence electrons. The summed E-state index contributed by atoms with van der Waals surface area (Å²) in [6.45, 7) is 3.57. The molecule has 1 aromatic rings. The summed E-state index contributed by atoms with van der Waals surface area (Å²) in [6, 6.07) is 2.82. The summed E-state index contributed by atoms with van der Waals surface area (Å²) in [5.74, 6) is -0.655. The highest BCUT2D eigenvalue weighted by Crippen LogP contribution is 2.25. The first-order chi connectivity index (χ1) is 12.1. The van der Waals surface area contributed by atoms with Gasteiger partial charge in [0, 0.05) is 11.1 Å². The smallest absolute Gasteiger partial charge is 0.315 e. The molecule has 0 spiro atoms. The Morgan fingerprint density at radius 3 is 2.46 bits per heavy atom. The summed E-state index contributed by atoms with van der Waals surface area (Å²) >= 11 is 11.9. The first kappa shape index (κ1) is 20.8. The molecule has 0 radical (unpaired) electrons. The van der Waals surface area contributed by atoms with Crippen LogP contribution in [0, 0.1) is 5.92 Å². The van der Waals surface area contributed by atoms with Gasteiger partial charge in [0.1, 0.15) is 6.04 Å². The van der Waals surface area contributed by atoms with Crippen molar-refractivity contribution < 1.29 is 18.0 Å². The third-order valence-corrected chi connectivity index (χ3v) is 6.31. The van der Waals surface area contributed by atoms with Gasteiger partial charge in [-0.3, -0.25) is 4.79 Å². The third kappa shape index (κ3) is 5.75. The number of carbonyl (C=O) groups is 2. The lowest BCUT2D eigenvalue weighted by Gasteiger charge is -2.23. The zero-order valence-electron chi connectivity index (χ0n) is 14.4. The molecule has 1 aliphatic rings. The predicted octanol–water partition coefficient (Wildman–Crippen LogP) is 2.44. The van der Waals surface area contributed by atoms with E-state index in [-0.39, 0.29) is 22.4 Å². The van der Waals surface area contributed by atoms with Crippen molar-refractivity contribution in [3.05, 3.63) is 28.2 Å². The number of anilines is 1. The van der Waals surface area contributed by atoms with Crippen LogP contribution in [0.25, 0.3) is 0 Å². The fraction of sp³-hybridized carbons (Fsp3) is 0.500. The Morgan fingerprint density at radius 2 is 1.92 bits per heavy atom. The van der Waals surface area contributed by atoms with Gasteiger partial charge in [-0.1, -0.05) is 37.0 Å². The Balaban J connectivity index is 1.99. The highest BCUT2D eigenvalue weighted by molar-refractivity contribution is 7.91. The van der Waals surface area contributed by atoms with Gasteiger partial charge in [0.05, 0.1) is 22.2 Å². The summed E-state index contributed by atoms with van der Waals surface area (Å²) in [5, 5.41) is 8.59. The molecule has 3 N–H and O–H groups in total. The fourth-order valence-corrected chi connectivity index (χ4v) is 4.74. The fourth-order valence-electron chi connectivity index (χ4n) is 2.61. The maximum absolute atomic E-state index is 12.5. The van der Waals surface area contributed by atoms with Crippen molar-refractivity contribution in [3.8, 4) is 0 Å². The Bertz CT molecular complexity index is 799. The minimum Gasteiger partial charge on any atom is -0.334 e. The summed E-state index contributed by atoms with van der Waals surface area (Å²) in [4.78, 5) is 24.7. The van der Waals surface area contributed by atoms with Crippen LogP contribution < -0.4 is 16.0 Å². The lowest BCUT2D eigenvalue weighted by atomic mass is 10.0. The molecule has 3 amide bonds. The van der Waals surface area contributed by atoms with Gasteiger partial charge in [-0.25, -0.2) is 13.2 Å². The maximum atomic E-state index is 12.5. The second-order valence-corrected chi connectivity index (χ2v) is 9.63. The molecule has 2 atom stereocenters. The number of halogens is 2. The monoisotopic (exact) mass is 421 g/mol. The predicted molar refractivity (Wildman–Crippen MR) is 102 cm³/mol. The minimum absolute atomic E-state index is 0.0567. The van der Waals surface area contributed by atoms with Crippen molar-refractivity contribution in [2.45, 2.75) is 32.4 Å². The average Bonchev–Trinajstić information content (AvgIpc) is 2.86. The minimum atomic E-state index is -3.10. The number of hydrogen-bond donors (Lipinski definition) is 3. The van der Waals surface area contributed by atoms with Crippen molar-refractivity contribution in [1.82, 2.24) is 10.6 Å². The van der Waals surface area contributed by atoms with Crippen LogP contribution in [0.1, 0.15) is 20.3 Å². The molecular weight excluding hydrogens is 401 g/mol. The van der Waals surface area contributed by atoms with E-state index < -0.39 is 33.9 Å². The van der Waals surface area contributed by atoms with E-state index in [1.54, 1.807) is 26.0 Å².